The van der Waals surface area contributed by atoms with Gasteiger partial charge in [0.05, 0.1) is 0 Å². The largest absolute Gasteiger partial charge is 0.294 e. The molecule has 2 nitrogen and oxygen atoms in total. The van der Waals surface area contributed by atoms with Crippen LogP contribution in [0.1, 0.15) is 15.9 Å². The van der Waals surface area contributed by atoms with Crippen LogP contribution in [0.15, 0.2) is 67.0 Å². The van der Waals surface area contributed by atoms with Crippen molar-refractivity contribution in [3.05, 3.63) is 78.1 Å². The molecule has 0 atom stereocenters. The molecule has 0 saturated carbocycles. The zero-order chi connectivity index (χ0) is 13.1. The van der Waals surface area contributed by atoms with Crippen LogP contribution in [-0.4, -0.2) is 10.8 Å². The zero-order valence-corrected chi connectivity index (χ0v) is 10.4. The van der Waals surface area contributed by atoms with Crippen molar-refractivity contribution in [1.82, 2.24) is 4.98 Å². The van der Waals surface area contributed by atoms with Crippen LogP contribution in [0.4, 0.5) is 0 Å². The van der Waals surface area contributed by atoms with Gasteiger partial charge in [-0.1, -0.05) is 42.5 Å². The topological polar surface area (TPSA) is 30.0 Å². The summed E-state index contributed by atoms with van der Waals surface area (Å²) in [5.41, 5.74) is 1.78. The van der Waals surface area contributed by atoms with Crippen molar-refractivity contribution >= 4 is 16.6 Å². The van der Waals surface area contributed by atoms with E-state index in [1.165, 1.54) is 5.39 Å². The molecular formula is C17H13NO. The first kappa shape index (κ1) is 11.6. The summed E-state index contributed by atoms with van der Waals surface area (Å²) in [4.78, 5) is 16.2. The van der Waals surface area contributed by atoms with Crippen LogP contribution >= 0.6 is 0 Å². The number of nitrogens with zero attached hydrogens (tertiary/aromatic N) is 1. The Hall–Kier alpha value is -2.48. The molecule has 3 rings (SSSR count). The number of carbonyl (C=O) groups is 1. The summed E-state index contributed by atoms with van der Waals surface area (Å²) in [6, 6.07) is 17.7. The monoisotopic (exact) mass is 247 g/mol. The highest BCUT2D eigenvalue weighted by Gasteiger charge is 2.08. The Bertz CT molecular complexity index is 714. The van der Waals surface area contributed by atoms with Crippen molar-refractivity contribution in [1.29, 1.82) is 0 Å². The number of carbonyl (C=O) groups excluding carboxylic acids is 1. The van der Waals surface area contributed by atoms with Gasteiger partial charge in [-0.15, -0.1) is 0 Å². The fourth-order valence-corrected chi connectivity index (χ4v) is 2.26. The molecule has 0 radical (unpaired) electrons. The quantitative estimate of drug-likeness (QED) is 0.661. The van der Waals surface area contributed by atoms with Crippen molar-refractivity contribution < 1.29 is 4.79 Å². The molecule has 0 unspecified atom stereocenters. The second kappa shape index (κ2) is 5.02. The lowest BCUT2D eigenvalue weighted by molar-refractivity contribution is 0.0993. The molecule has 0 aliphatic rings. The minimum Gasteiger partial charge on any atom is -0.294 e. The van der Waals surface area contributed by atoms with E-state index in [2.05, 4.69) is 23.2 Å². The van der Waals surface area contributed by atoms with Crippen LogP contribution in [0.5, 0.6) is 0 Å². The van der Waals surface area contributed by atoms with Gasteiger partial charge in [0, 0.05) is 24.4 Å². The Labute approximate surface area is 111 Å². The maximum Gasteiger partial charge on any atom is 0.167 e. The Balaban J connectivity index is 1.96. The fourth-order valence-electron chi connectivity index (χ4n) is 2.26. The summed E-state index contributed by atoms with van der Waals surface area (Å²) in [5, 5.41) is 2.31. The first-order chi connectivity index (χ1) is 9.34. The smallest absolute Gasteiger partial charge is 0.167 e. The number of hydrogen-bond donors (Lipinski definition) is 0. The molecule has 0 bridgehead atoms. The van der Waals surface area contributed by atoms with Gasteiger partial charge in [-0.2, -0.15) is 0 Å². The number of hydrogen-bond acceptors (Lipinski definition) is 2. The summed E-state index contributed by atoms with van der Waals surface area (Å²) in [6.45, 7) is 0. The van der Waals surface area contributed by atoms with E-state index in [-0.39, 0.29) is 5.78 Å². The van der Waals surface area contributed by atoms with Gasteiger partial charge in [-0.05, 0) is 28.5 Å². The number of aromatic nitrogens is 1. The molecular weight excluding hydrogens is 234 g/mol. The van der Waals surface area contributed by atoms with Gasteiger partial charge in [0.15, 0.2) is 5.78 Å². The predicted molar refractivity (Wildman–Crippen MR) is 76.2 cm³/mol. The van der Waals surface area contributed by atoms with E-state index in [1.807, 2.05) is 24.3 Å². The molecule has 1 aromatic heterocycles. The van der Waals surface area contributed by atoms with Crippen LogP contribution in [-0.2, 0) is 6.42 Å². The molecule has 2 aromatic carbocycles. The van der Waals surface area contributed by atoms with Gasteiger partial charge < -0.3 is 0 Å². The van der Waals surface area contributed by atoms with Gasteiger partial charge in [-0.25, -0.2) is 0 Å². The van der Waals surface area contributed by atoms with Crippen LogP contribution in [0, 0.1) is 0 Å². The molecule has 0 spiro atoms. The highest BCUT2D eigenvalue weighted by atomic mass is 16.1. The maximum atomic E-state index is 12.2. The molecule has 92 valence electrons. The summed E-state index contributed by atoms with van der Waals surface area (Å²) in [6.07, 6.45) is 3.72. The lowest BCUT2D eigenvalue weighted by atomic mass is 9.98. The van der Waals surface area contributed by atoms with E-state index in [0.29, 0.717) is 12.0 Å². The molecule has 0 saturated heterocycles. The van der Waals surface area contributed by atoms with Crippen molar-refractivity contribution in [3.8, 4) is 0 Å². The third-order valence-corrected chi connectivity index (χ3v) is 3.23. The average molecular weight is 247 g/mol. The van der Waals surface area contributed by atoms with Crippen LogP contribution < -0.4 is 0 Å². The standard InChI is InChI=1S/C17H13NO/c19-17(14-8-10-18-11-9-14)12-15-6-3-5-13-4-1-2-7-16(13)15/h1-11H,12H2. The van der Waals surface area contributed by atoms with E-state index in [9.17, 15) is 4.79 Å². The van der Waals surface area contributed by atoms with E-state index in [1.54, 1.807) is 24.5 Å². The number of ketones is 1. The van der Waals surface area contributed by atoms with Crippen molar-refractivity contribution in [3.63, 3.8) is 0 Å². The van der Waals surface area contributed by atoms with Crippen molar-refractivity contribution in [2.75, 3.05) is 0 Å². The molecule has 19 heavy (non-hydrogen) atoms. The Kier molecular flexibility index (Phi) is 3.07. The SMILES string of the molecule is O=C(Cc1cccc2ccccc12)c1ccncc1. The lowest BCUT2D eigenvalue weighted by Crippen LogP contribution is -2.03. The minimum absolute atomic E-state index is 0.124. The fraction of sp³-hybridized carbons (Fsp3) is 0.0588. The number of fused-ring (bicyclic) bond motifs is 1. The summed E-state index contributed by atoms with van der Waals surface area (Å²) < 4.78 is 0. The normalized spacial score (nSPS) is 10.5. The number of benzene rings is 2. The average Bonchev–Trinajstić information content (AvgIpc) is 2.48. The first-order valence-electron chi connectivity index (χ1n) is 6.24. The Morgan fingerprint density at radius 1 is 0.895 bits per heavy atom. The van der Waals surface area contributed by atoms with E-state index < -0.39 is 0 Å². The van der Waals surface area contributed by atoms with Crippen LogP contribution in [0.2, 0.25) is 0 Å². The van der Waals surface area contributed by atoms with E-state index in [0.717, 1.165) is 10.9 Å². The van der Waals surface area contributed by atoms with Gasteiger partial charge in [-0.3, -0.25) is 9.78 Å². The third kappa shape index (κ3) is 2.38. The summed E-state index contributed by atoms with van der Waals surface area (Å²) in [5.74, 6) is 0.124. The summed E-state index contributed by atoms with van der Waals surface area (Å²) in [7, 11) is 0. The Morgan fingerprint density at radius 3 is 2.47 bits per heavy atom. The first-order valence-corrected chi connectivity index (χ1v) is 6.24. The molecule has 3 aromatic rings. The molecule has 0 fully saturated rings. The van der Waals surface area contributed by atoms with Gasteiger partial charge in [0.25, 0.3) is 0 Å². The highest BCUT2D eigenvalue weighted by molar-refractivity contribution is 6.00. The molecule has 1 heterocycles. The van der Waals surface area contributed by atoms with Crippen LogP contribution in [0.25, 0.3) is 10.8 Å². The second-order valence-electron chi connectivity index (χ2n) is 4.47. The molecule has 0 N–H and O–H groups in total. The van der Waals surface area contributed by atoms with E-state index >= 15 is 0 Å². The van der Waals surface area contributed by atoms with E-state index in [4.69, 9.17) is 0 Å². The van der Waals surface area contributed by atoms with Gasteiger partial charge in [0.1, 0.15) is 0 Å². The Morgan fingerprint density at radius 2 is 1.63 bits per heavy atom. The third-order valence-electron chi connectivity index (χ3n) is 3.23. The van der Waals surface area contributed by atoms with Gasteiger partial charge in [0.2, 0.25) is 0 Å². The number of pyridine rings is 1. The highest BCUT2D eigenvalue weighted by Crippen LogP contribution is 2.20. The minimum atomic E-state index is 0.124. The second-order valence-corrected chi connectivity index (χ2v) is 4.47. The summed E-state index contributed by atoms with van der Waals surface area (Å²) >= 11 is 0. The number of rotatable bonds is 3. The van der Waals surface area contributed by atoms with Crippen molar-refractivity contribution in [2.24, 2.45) is 0 Å². The molecule has 0 aliphatic heterocycles. The molecule has 2 heteroatoms. The zero-order valence-electron chi connectivity index (χ0n) is 10.4. The van der Waals surface area contributed by atoms with Gasteiger partial charge >= 0.3 is 0 Å². The van der Waals surface area contributed by atoms with Crippen molar-refractivity contribution in [2.45, 2.75) is 6.42 Å². The molecule has 0 aliphatic carbocycles. The maximum absolute atomic E-state index is 12.2. The van der Waals surface area contributed by atoms with Crippen LogP contribution in [0.3, 0.4) is 0 Å². The number of Topliss-reactive ketones (excluding diaryl/α,β-unsaturated/α-hetero) is 1. The lowest BCUT2D eigenvalue weighted by Gasteiger charge is -2.06. The predicted octanol–water partition coefficient (Wildman–Crippen LogP) is 3.66. The molecule has 0 amide bonds.